The molecule has 140 heavy (non-hydrogen) atoms. The summed E-state index contributed by atoms with van der Waals surface area (Å²) in [7, 11) is 25.4. The average molecular weight is 2270 g/mol. The third-order valence-electron chi connectivity index (χ3n) is 16.8. The van der Waals surface area contributed by atoms with E-state index in [2.05, 4.69) is 76.8 Å². The number of aryl methyl sites for hydroxylation is 2. The molecular weight excluding hydrogens is 2180 g/mol. The summed E-state index contributed by atoms with van der Waals surface area (Å²) in [5.41, 5.74) is 13.0. The molecule has 39 nitrogen and oxygen atoms in total. The van der Waals surface area contributed by atoms with Crippen LogP contribution in [0.4, 0.5) is 28.4 Å². The number of carbonyl (C=O) groups is 5. The summed E-state index contributed by atoms with van der Waals surface area (Å²) in [6.07, 6.45) is 9.85. The summed E-state index contributed by atoms with van der Waals surface area (Å²) < 4.78 is 88.4. The number of nitro benzene ring substituents is 1. The molecule has 0 aliphatic carbocycles. The number of aromatic nitrogens is 8. The Kier molecular flexibility index (Phi) is 70.4. The summed E-state index contributed by atoms with van der Waals surface area (Å²) in [5, 5.41) is 40.5. The van der Waals surface area contributed by atoms with Crippen LogP contribution in [0, 0.1) is 10.1 Å². The molecule has 0 bridgehead atoms. The van der Waals surface area contributed by atoms with Crippen molar-refractivity contribution in [3.63, 3.8) is 0 Å². The number of nitro groups is 1. The number of ether oxygens (including phenoxy) is 10. The first-order valence-electron chi connectivity index (χ1n) is 37.5. The van der Waals surface area contributed by atoms with Gasteiger partial charge in [-0.1, -0.05) is 110 Å². The summed E-state index contributed by atoms with van der Waals surface area (Å²) in [4.78, 5) is 114. The normalized spacial score (nSPS) is 9.57. The number of hydrogen-bond acceptors (Lipinski definition) is 36. The van der Waals surface area contributed by atoms with E-state index in [0.717, 1.165) is 45.0 Å². The van der Waals surface area contributed by atoms with Gasteiger partial charge in [-0.05, 0) is 104 Å². The number of anilines is 4. The molecule has 0 fully saturated rings. The minimum atomic E-state index is -3.72. The van der Waals surface area contributed by atoms with Crippen molar-refractivity contribution >= 4 is 223 Å². The number of nitrogens with one attached hydrogen (secondary N) is 3. The molecule has 8 aromatic heterocycles. The second kappa shape index (κ2) is 72.3. The number of aliphatic hydroxyl groups is 1. The third kappa shape index (κ3) is 46.0. The number of nitrogen functional groups attached to an aromatic ring is 1. The first-order valence-corrected chi connectivity index (χ1v) is 45.0. The van der Waals surface area contributed by atoms with Gasteiger partial charge in [0.05, 0.1) is 137 Å². The Labute approximate surface area is 964 Å². The van der Waals surface area contributed by atoms with E-state index >= 15 is 0 Å². The first kappa shape index (κ1) is 136. The van der Waals surface area contributed by atoms with Crippen molar-refractivity contribution in [2.45, 2.75) is 26.9 Å². The zero-order chi connectivity index (χ0) is 103. The van der Waals surface area contributed by atoms with E-state index < -0.39 is 39.9 Å². The predicted octanol–water partition coefficient (Wildman–Crippen LogP) is 7.59. The molecule has 3 radical (unpaired) electrons. The van der Waals surface area contributed by atoms with Crippen LogP contribution >= 0.6 is 126 Å². The van der Waals surface area contributed by atoms with Gasteiger partial charge < -0.3 is 96.3 Å². The van der Waals surface area contributed by atoms with Crippen LogP contribution in [0.3, 0.4) is 0 Å². The van der Waals surface area contributed by atoms with Crippen molar-refractivity contribution in [2.24, 2.45) is 14.1 Å². The predicted molar refractivity (Wildman–Crippen MR) is 521 cm³/mol. The number of carbonyl (C=O) groups excluding carboxylic acids is 5. The van der Waals surface area contributed by atoms with Gasteiger partial charge in [0, 0.05) is 165 Å². The van der Waals surface area contributed by atoms with Gasteiger partial charge in [0.15, 0.2) is 12.0 Å². The van der Waals surface area contributed by atoms with Crippen molar-refractivity contribution in [1.29, 1.82) is 0 Å². The molecular formula is C84H87BCl11K2LiMnN13O26S. The van der Waals surface area contributed by atoms with E-state index in [1.165, 1.54) is 69.8 Å². The maximum absolute atomic E-state index is 12.9. The molecule has 0 atom stereocenters. The Hall–Kier alpha value is -7.94. The number of hydrogen-bond donors (Lipinski definition) is 5. The second-order valence-corrected chi connectivity index (χ2v) is 32.2. The zero-order valence-corrected chi connectivity index (χ0v) is 94.2. The zero-order valence-electron chi connectivity index (χ0n) is 79.6. The van der Waals surface area contributed by atoms with E-state index in [1.54, 1.807) is 192 Å². The van der Waals surface area contributed by atoms with Gasteiger partial charge in [-0.25, -0.2) is 39.5 Å². The quantitative estimate of drug-likeness (QED) is 0.00416. The molecule has 12 aromatic rings. The average Bonchev–Trinajstić information content (AvgIpc) is 0.751. The SMILES string of the molecule is CCOC(=O)c1cnc(Cl)cc1Cl.CCOC(=O)c1cnc(Cl)cc1NC.CNc1cc(Cl)ncc1C=O.CNc1cc(Cl)ncc1CO.COC(=O)Cc1cc(OC)cc(OC)c1.COc1cc(OC)c(Cl)c(-c2cc3cnc(Cl)cc3n(C)c2=O)c1Cl.COc1cc(OC)cc(-c2cc3cnc(Cl)cc3n(C)c2=O)c1.COc1cccc([N+](=O)[O-])c1N.O=CO[O-].O=S(=O)(Cl)Cl.[B].[H-].[H-].[K+].[K+].[Li+].[O]=[Mn]=[O]. The minimum absolute atomic E-state index is 0. The maximum atomic E-state index is 12.9. The van der Waals surface area contributed by atoms with E-state index in [9.17, 15) is 38.9 Å². The Morgan fingerprint density at radius 2 is 0.929 bits per heavy atom. The van der Waals surface area contributed by atoms with Crippen molar-refractivity contribution in [3.05, 3.63) is 251 Å². The molecule has 56 heteroatoms. The van der Waals surface area contributed by atoms with Crippen molar-refractivity contribution < 1.29 is 247 Å². The fourth-order valence-electron chi connectivity index (χ4n) is 10.6. The molecule has 4 aromatic carbocycles. The monoisotopic (exact) mass is 2260 g/mol. The molecule has 6 N–H and O–H groups in total. The Balaban J connectivity index is -0.000000500. The molecule has 0 amide bonds. The Morgan fingerprint density at radius 3 is 1.32 bits per heavy atom. The number of halogens is 11. The van der Waals surface area contributed by atoms with Gasteiger partial charge in [0.25, 0.3) is 23.3 Å². The van der Waals surface area contributed by atoms with Gasteiger partial charge in [-0.15, -0.1) is 0 Å². The van der Waals surface area contributed by atoms with Crippen LogP contribution < -0.4 is 193 Å². The molecule has 0 spiro atoms. The number of methoxy groups -OCH3 is 8. The molecule has 0 unspecified atom stereocenters. The number of pyridine rings is 8. The molecule has 0 saturated heterocycles. The number of rotatable bonds is 22. The van der Waals surface area contributed by atoms with Crippen LogP contribution in [0.2, 0.25) is 46.0 Å². The first-order chi connectivity index (χ1) is 64.5. The van der Waals surface area contributed by atoms with Crippen LogP contribution in [-0.2, 0) is 86.6 Å². The number of benzene rings is 4. The number of para-hydroxylation sites is 1. The fourth-order valence-corrected chi connectivity index (χ4v) is 12.5. The Morgan fingerprint density at radius 1 is 0.550 bits per heavy atom. The van der Waals surface area contributed by atoms with Crippen LogP contribution in [-0.4, -0.2) is 188 Å². The topological polar surface area (TPSA) is 525 Å². The van der Waals surface area contributed by atoms with Crippen LogP contribution in [0.1, 0.15) is 58.9 Å². The molecule has 0 aliphatic heterocycles. The van der Waals surface area contributed by atoms with E-state index in [0.29, 0.717) is 124 Å². The standard InChI is InChI=1S/C17H13Cl3N2O3.C17H15ClN2O3.C11H14O4.C9H11ClN2O2.C8H7Cl2NO2.C7H9ClN2O.C7H7ClN2O.C7H8N2O3.CH2O3.B.Cl2O2S.2K.Li.Mn.2O.2H/c1-22-10-5-13(18)21-7-8(10)4-9(17(22)23)14-15(19)11(24-2)6-12(25-3)16(14)20;1-20-15-8-16(18)19-9-11(15)6-14(17(20)21)10-4-12(22-2)7-13(5-10)23-3;1-13-9-4-8(6-11(12)15-3)5-10(7-9)14-2;1-3-14-9(13)6-5-12-8(10)4-7(6)11-2;1-2-13-8(12)5-4-11-7(10)3-6(5)9;2*1-9-6-2-7(8)10-3-5(6)4-11;1-12-6-4-2-3-5(7(6)8)9(10)11;2-1-4-3;;1-5(2,3)4;;;;;;;;/h4-7H,1-3H3;4-9H,1-3H3;4-5,7H,6H2,1-3H3;4-5H,3H2,1-2H3,(H,11,12);3-4H,2H2,1H3;2-3,11H,4H2,1H3,(H,9,10);2-4H,1H3,(H,9,10);2-4H,8H2,1H3;1,3H;;;;;;;;;;/q;;;;;;;;;;;3*+1;;;;2*-1/p-1. The van der Waals surface area contributed by atoms with Crippen LogP contribution in [0.5, 0.6) is 40.2 Å². The Bertz CT molecular complexity index is 6330. The van der Waals surface area contributed by atoms with Crippen molar-refractivity contribution in [2.75, 3.05) is 113 Å². The molecule has 12 rings (SSSR count). The van der Waals surface area contributed by atoms with Gasteiger partial charge in [-0.3, -0.25) is 34.1 Å². The molecule has 740 valence electrons. The van der Waals surface area contributed by atoms with Crippen molar-refractivity contribution in [1.82, 2.24) is 39.0 Å². The van der Waals surface area contributed by atoms with Crippen LogP contribution in [0.15, 0.2) is 156 Å². The van der Waals surface area contributed by atoms with Gasteiger partial charge in [-0.2, -0.15) is 8.42 Å². The third-order valence-corrected chi connectivity index (χ3v) is 19.1. The van der Waals surface area contributed by atoms with Gasteiger partial charge in [0.2, 0.25) is 0 Å². The molecule has 0 aliphatic rings. The van der Waals surface area contributed by atoms with E-state index in [-0.39, 0.29) is 207 Å². The number of aldehydes is 1. The molecule has 8 heterocycles. The number of aliphatic hydroxyl groups excluding tert-OH is 1. The summed E-state index contributed by atoms with van der Waals surface area (Å²) >= 11 is 51.4. The fraction of sp³-hybridized carbons (Fsp3) is 0.226. The summed E-state index contributed by atoms with van der Waals surface area (Å²) in [6.45, 7) is 3.90. The van der Waals surface area contributed by atoms with Crippen molar-refractivity contribution in [3.8, 4) is 62.5 Å². The number of nitrogens with two attached hydrogens (primary N) is 1. The summed E-state index contributed by atoms with van der Waals surface area (Å²) in [5.74, 6) is 2.42. The number of esters is 3. The van der Waals surface area contributed by atoms with E-state index in [1.807, 2.05) is 0 Å². The van der Waals surface area contributed by atoms with Gasteiger partial charge in [0.1, 0.15) is 76.7 Å². The van der Waals surface area contributed by atoms with Crippen LogP contribution in [0.25, 0.3) is 44.1 Å². The number of fused-ring (bicyclic) bond motifs is 2. The number of nitrogens with zero attached hydrogens (tertiary/aromatic N) is 9. The van der Waals surface area contributed by atoms with Gasteiger partial charge >= 0.3 is 170 Å². The van der Waals surface area contributed by atoms with E-state index in [4.69, 9.17) is 184 Å². The molecule has 0 saturated carbocycles. The summed E-state index contributed by atoms with van der Waals surface area (Å²) in [6, 6.07) is 29.7. The second-order valence-electron chi connectivity index (χ2n) is 24.9.